The van der Waals surface area contributed by atoms with Crippen molar-refractivity contribution in [3.05, 3.63) is 77.3 Å². The molecule has 0 radical (unpaired) electrons. The van der Waals surface area contributed by atoms with Crippen LogP contribution in [0.15, 0.2) is 59.3 Å². The Labute approximate surface area is 168 Å². The van der Waals surface area contributed by atoms with Gasteiger partial charge in [0.25, 0.3) is 5.91 Å². The van der Waals surface area contributed by atoms with E-state index in [-0.39, 0.29) is 28.7 Å². The Morgan fingerprint density at radius 3 is 2.48 bits per heavy atom. The highest BCUT2D eigenvalue weighted by Gasteiger charge is 2.29. The van der Waals surface area contributed by atoms with Crippen molar-refractivity contribution < 1.29 is 18.7 Å². The smallest absolute Gasteiger partial charge is 0.343 e. The van der Waals surface area contributed by atoms with Crippen molar-refractivity contribution >= 4 is 11.9 Å². The second-order valence-electron chi connectivity index (χ2n) is 6.64. The van der Waals surface area contributed by atoms with Crippen LogP contribution >= 0.6 is 0 Å². The van der Waals surface area contributed by atoms with Crippen molar-refractivity contribution in [3.8, 4) is 12.0 Å². The molecular weight excluding hydrogens is 370 g/mol. The molecule has 0 saturated carbocycles. The van der Waals surface area contributed by atoms with E-state index in [4.69, 9.17) is 9.15 Å². The first kappa shape index (κ1) is 20.0. The summed E-state index contributed by atoms with van der Waals surface area (Å²) in [6.45, 7) is 3.49. The number of nitriles is 1. The Kier molecular flexibility index (Phi) is 5.84. The zero-order valence-electron chi connectivity index (χ0n) is 16.5. The SMILES string of the molecule is Cc1oc(-n2cccc2)c(C#N)c1C(=O)O[C@H](C)C(=O)N(C)Cc1ccccc1. The highest BCUT2D eigenvalue weighted by Crippen LogP contribution is 2.26. The molecule has 3 rings (SSSR count). The lowest BCUT2D eigenvalue weighted by atomic mass is 10.1. The minimum Gasteiger partial charge on any atom is -0.449 e. The van der Waals surface area contributed by atoms with Crippen LogP contribution in [0.25, 0.3) is 5.88 Å². The predicted octanol–water partition coefficient (Wildman–Crippen LogP) is 3.45. The summed E-state index contributed by atoms with van der Waals surface area (Å²) in [7, 11) is 1.65. The molecule has 0 spiro atoms. The van der Waals surface area contributed by atoms with Gasteiger partial charge in [0, 0.05) is 26.0 Å². The van der Waals surface area contributed by atoms with Gasteiger partial charge in [0.05, 0.1) is 0 Å². The van der Waals surface area contributed by atoms with Crippen molar-refractivity contribution in [2.24, 2.45) is 0 Å². The maximum Gasteiger partial charge on any atom is 0.343 e. The summed E-state index contributed by atoms with van der Waals surface area (Å²) < 4.78 is 12.6. The number of aromatic nitrogens is 1. The Hall–Kier alpha value is -3.79. The molecule has 1 atom stereocenters. The minimum absolute atomic E-state index is 0.0292. The molecule has 7 heteroatoms. The third-order valence-electron chi connectivity index (χ3n) is 4.49. The van der Waals surface area contributed by atoms with Crippen LogP contribution in [0.4, 0.5) is 0 Å². The number of hydrogen-bond acceptors (Lipinski definition) is 5. The summed E-state index contributed by atoms with van der Waals surface area (Å²) in [5, 5.41) is 9.55. The number of amides is 1. The Morgan fingerprint density at radius 2 is 1.86 bits per heavy atom. The van der Waals surface area contributed by atoms with Gasteiger partial charge in [-0.05, 0) is 31.5 Å². The summed E-state index contributed by atoms with van der Waals surface area (Å²) in [5.41, 5.74) is 1.07. The molecule has 0 aliphatic heterocycles. The van der Waals surface area contributed by atoms with E-state index in [0.717, 1.165) is 5.56 Å². The lowest BCUT2D eigenvalue weighted by Crippen LogP contribution is -2.37. The highest BCUT2D eigenvalue weighted by molar-refractivity contribution is 5.96. The third-order valence-corrected chi connectivity index (χ3v) is 4.49. The van der Waals surface area contributed by atoms with Gasteiger partial charge in [0.1, 0.15) is 23.0 Å². The first-order valence-corrected chi connectivity index (χ1v) is 9.09. The molecule has 0 fully saturated rings. The Bertz CT molecular complexity index is 1050. The molecule has 0 N–H and O–H groups in total. The van der Waals surface area contributed by atoms with E-state index >= 15 is 0 Å². The number of likely N-dealkylation sites (N-methyl/N-ethyl adjacent to an activating group) is 1. The molecule has 0 unspecified atom stereocenters. The van der Waals surface area contributed by atoms with Crippen molar-refractivity contribution in [2.75, 3.05) is 7.05 Å². The quantitative estimate of drug-likeness (QED) is 0.601. The fraction of sp³-hybridized carbons (Fsp3) is 0.227. The van der Waals surface area contributed by atoms with Crippen molar-refractivity contribution in [1.29, 1.82) is 5.26 Å². The number of rotatable bonds is 6. The summed E-state index contributed by atoms with van der Waals surface area (Å²) >= 11 is 0. The van der Waals surface area contributed by atoms with Gasteiger partial charge in [-0.2, -0.15) is 5.26 Å². The number of ether oxygens (including phenoxy) is 1. The van der Waals surface area contributed by atoms with Crippen LogP contribution in [0, 0.1) is 18.3 Å². The number of aryl methyl sites for hydroxylation is 1. The maximum absolute atomic E-state index is 12.7. The number of hydrogen-bond donors (Lipinski definition) is 0. The van der Waals surface area contributed by atoms with E-state index in [1.165, 1.54) is 11.8 Å². The van der Waals surface area contributed by atoms with Gasteiger partial charge < -0.3 is 14.1 Å². The molecule has 29 heavy (non-hydrogen) atoms. The average molecular weight is 391 g/mol. The largest absolute Gasteiger partial charge is 0.449 e. The van der Waals surface area contributed by atoms with E-state index in [9.17, 15) is 14.9 Å². The first-order chi connectivity index (χ1) is 13.9. The minimum atomic E-state index is -1.01. The number of esters is 1. The van der Waals surface area contributed by atoms with Gasteiger partial charge in [-0.25, -0.2) is 4.79 Å². The van der Waals surface area contributed by atoms with Crippen LogP contribution in [-0.2, 0) is 16.1 Å². The van der Waals surface area contributed by atoms with Gasteiger partial charge in [-0.3, -0.25) is 9.36 Å². The second-order valence-corrected chi connectivity index (χ2v) is 6.64. The van der Waals surface area contributed by atoms with Crippen LogP contribution < -0.4 is 0 Å². The molecule has 148 valence electrons. The molecule has 0 aliphatic rings. The standard InChI is InChI=1S/C22H21N3O4/c1-15-19(18(13-23)21(28-15)25-11-7-8-12-25)22(27)29-16(2)20(26)24(3)14-17-9-5-4-6-10-17/h4-12,16H,14H2,1-3H3/t16-/m1/s1. The Morgan fingerprint density at radius 1 is 1.21 bits per heavy atom. The molecule has 3 aromatic rings. The fourth-order valence-corrected chi connectivity index (χ4v) is 3.05. The maximum atomic E-state index is 12.7. The van der Waals surface area contributed by atoms with Crippen LogP contribution in [0.3, 0.4) is 0 Å². The molecule has 1 aromatic carbocycles. The van der Waals surface area contributed by atoms with E-state index < -0.39 is 12.1 Å². The summed E-state index contributed by atoms with van der Waals surface area (Å²) in [6, 6.07) is 15.1. The average Bonchev–Trinajstić information content (AvgIpc) is 3.35. The van der Waals surface area contributed by atoms with Gasteiger partial charge in [-0.1, -0.05) is 30.3 Å². The van der Waals surface area contributed by atoms with Crippen molar-refractivity contribution in [2.45, 2.75) is 26.5 Å². The number of furan rings is 1. The van der Waals surface area contributed by atoms with Crippen LogP contribution in [0.2, 0.25) is 0 Å². The molecule has 2 aromatic heterocycles. The lowest BCUT2D eigenvalue weighted by Gasteiger charge is -2.21. The monoisotopic (exact) mass is 391 g/mol. The number of benzene rings is 1. The first-order valence-electron chi connectivity index (χ1n) is 9.09. The normalized spacial score (nSPS) is 11.5. The third kappa shape index (κ3) is 4.22. The summed E-state index contributed by atoms with van der Waals surface area (Å²) in [4.78, 5) is 26.8. The highest BCUT2D eigenvalue weighted by atomic mass is 16.5. The zero-order valence-corrected chi connectivity index (χ0v) is 16.5. The van der Waals surface area contributed by atoms with E-state index in [0.29, 0.717) is 6.54 Å². The van der Waals surface area contributed by atoms with E-state index in [2.05, 4.69) is 0 Å². The zero-order chi connectivity index (χ0) is 21.0. The lowest BCUT2D eigenvalue weighted by molar-refractivity contribution is -0.139. The molecule has 0 bridgehead atoms. The molecule has 2 heterocycles. The van der Waals surface area contributed by atoms with E-state index in [1.807, 2.05) is 36.4 Å². The van der Waals surface area contributed by atoms with Gasteiger partial charge >= 0.3 is 5.97 Å². The molecular formula is C22H21N3O4. The van der Waals surface area contributed by atoms with Crippen LogP contribution in [0.1, 0.15) is 34.2 Å². The molecule has 7 nitrogen and oxygen atoms in total. The van der Waals surface area contributed by atoms with Crippen LogP contribution in [0.5, 0.6) is 0 Å². The Balaban J connectivity index is 1.74. The van der Waals surface area contributed by atoms with Gasteiger partial charge in [0.15, 0.2) is 6.10 Å². The molecule has 0 aliphatic carbocycles. The van der Waals surface area contributed by atoms with Crippen molar-refractivity contribution in [3.63, 3.8) is 0 Å². The van der Waals surface area contributed by atoms with Gasteiger partial charge in [-0.15, -0.1) is 0 Å². The summed E-state index contributed by atoms with van der Waals surface area (Å²) in [6.07, 6.45) is 2.41. The van der Waals surface area contributed by atoms with E-state index in [1.54, 1.807) is 43.1 Å². The van der Waals surface area contributed by atoms with Crippen molar-refractivity contribution in [1.82, 2.24) is 9.47 Å². The molecule has 1 amide bonds. The van der Waals surface area contributed by atoms with Gasteiger partial charge in [0.2, 0.25) is 5.88 Å². The second kappa shape index (κ2) is 8.48. The number of carbonyl (C=O) groups excluding carboxylic acids is 2. The predicted molar refractivity (Wildman–Crippen MR) is 105 cm³/mol. The molecule has 0 saturated heterocycles. The number of carbonyl (C=O) groups is 2. The van der Waals surface area contributed by atoms with Crippen LogP contribution in [-0.4, -0.2) is 34.5 Å². The topological polar surface area (TPSA) is 88.5 Å². The fourth-order valence-electron chi connectivity index (χ4n) is 3.05. The summed E-state index contributed by atoms with van der Waals surface area (Å²) in [5.74, 6) is -0.614. The number of nitrogens with zero attached hydrogens (tertiary/aromatic N) is 3.